The molecule has 3 rings (SSSR count). The normalized spacial score (nSPS) is 11.8. The van der Waals surface area contributed by atoms with Crippen molar-refractivity contribution in [1.82, 2.24) is 29.0 Å². The highest BCUT2D eigenvalue weighted by Gasteiger charge is 2.18. The summed E-state index contributed by atoms with van der Waals surface area (Å²) in [6, 6.07) is 1.89. The average Bonchev–Trinajstić information content (AvgIpc) is 3.13. The molecule has 3 heterocycles. The molecule has 0 fully saturated rings. The number of nitrogens with one attached hydrogen (secondary N) is 1. The van der Waals surface area contributed by atoms with Crippen molar-refractivity contribution in [3.8, 4) is 11.1 Å². The zero-order valence-electron chi connectivity index (χ0n) is 13.6. The third-order valence-electron chi connectivity index (χ3n) is 3.66. The topological polar surface area (TPSA) is 94.7 Å². The maximum absolute atomic E-state index is 12.3. The molecule has 0 radical (unpaired) electrons. The third-order valence-corrected chi connectivity index (χ3v) is 4.93. The first-order valence-corrected chi connectivity index (χ1v) is 8.76. The zero-order valence-corrected chi connectivity index (χ0v) is 14.4. The molecule has 0 spiro atoms. The lowest BCUT2D eigenvalue weighted by Gasteiger charge is -2.05. The van der Waals surface area contributed by atoms with Gasteiger partial charge in [-0.05, 0) is 18.6 Å². The fraction of sp³-hybridized carbons (Fsp3) is 0.267. The fourth-order valence-corrected chi connectivity index (χ4v) is 3.27. The molecular weight excluding hydrogens is 328 g/mol. The van der Waals surface area contributed by atoms with Crippen molar-refractivity contribution in [1.29, 1.82) is 0 Å². The van der Waals surface area contributed by atoms with Gasteiger partial charge < -0.3 is 4.57 Å². The van der Waals surface area contributed by atoms with Crippen molar-refractivity contribution in [3.05, 3.63) is 48.4 Å². The number of pyridine rings is 1. The zero-order chi connectivity index (χ0) is 17.3. The van der Waals surface area contributed by atoms with Crippen LogP contribution in [0.15, 0.2) is 42.1 Å². The lowest BCUT2D eigenvalue weighted by molar-refractivity contribution is 0.577. The van der Waals surface area contributed by atoms with E-state index in [2.05, 4.69) is 19.8 Å². The standard InChI is InChI=1S/C15H18N6O2S/c1-11-19-15(10-20(11)2)24(22,23)18-6-12-4-13(7-16-5-12)14-8-17-21(3)9-14/h4-5,7-10,18H,6H2,1-3H3. The largest absolute Gasteiger partial charge is 0.337 e. The van der Waals surface area contributed by atoms with Crippen LogP contribution in [0.25, 0.3) is 11.1 Å². The minimum atomic E-state index is -3.66. The summed E-state index contributed by atoms with van der Waals surface area (Å²) >= 11 is 0. The summed E-state index contributed by atoms with van der Waals surface area (Å²) in [5.41, 5.74) is 2.57. The Hall–Kier alpha value is -2.52. The van der Waals surface area contributed by atoms with Crippen LogP contribution >= 0.6 is 0 Å². The molecule has 0 aliphatic rings. The number of hydrogen-bond donors (Lipinski definition) is 1. The molecule has 0 aliphatic heterocycles. The Morgan fingerprint density at radius 1 is 1.12 bits per heavy atom. The quantitative estimate of drug-likeness (QED) is 0.744. The third kappa shape index (κ3) is 3.36. The summed E-state index contributed by atoms with van der Waals surface area (Å²) in [5, 5.41) is 4.14. The molecule has 0 saturated heterocycles. The lowest BCUT2D eigenvalue weighted by Crippen LogP contribution is -2.23. The molecule has 0 amide bonds. The van der Waals surface area contributed by atoms with Gasteiger partial charge in [-0.3, -0.25) is 9.67 Å². The van der Waals surface area contributed by atoms with Crippen LogP contribution in [0, 0.1) is 6.92 Å². The van der Waals surface area contributed by atoms with Crippen LogP contribution in [0.3, 0.4) is 0 Å². The number of aromatic nitrogens is 5. The first-order valence-electron chi connectivity index (χ1n) is 7.28. The molecule has 0 saturated carbocycles. The maximum Gasteiger partial charge on any atom is 0.259 e. The summed E-state index contributed by atoms with van der Waals surface area (Å²) < 4.78 is 30.5. The summed E-state index contributed by atoms with van der Waals surface area (Å²) in [5.74, 6) is 0.635. The summed E-state index contributed by atoms with van der Waals surface area (Å²) in [4.78, 5) is 8.22. The van der Waals surface area contributed by atoms with Gasteiger partial charge in [0, 0.05) is 56.6 Å². The molecule has 9 heteroatoms. The van der Waals surface area contributed by atoms with Crippen LogP contribution in [-0.2, 0) is 30.7 Å². The van der Waals surface area contributed by atoms with E-state index in [-0.39, 0.29) is 11.6 Å². The van der Waals surface area contributed by atoms with Gasteiger partial charge in [0.1, 0.15) is 5.82 Å². The highest BCUT2D eigenvalue weighted by atomic mass is 32.2. The molecule has 0 atom stereocenters. The SMILES string of the molecule is Cc1nc(S(=O)(=O)NCc2cncc(-c3cnn(C)c3)c2)cn1C. The minimum absolute atomic E-state index is 0.0128. The molecular formula is C15H18N6O2S. The summed E-state index contributed by atoms with van der Waals surface area (Å²) in [7, 11) is -0.0700. The number of sulfonamides is 1. The highest BCUT2D eigenvalue weighted by Crippen LogP contribution is 2.18. The van der Waals surface area contributed by atoms with Crippen molar-refractivity contribution in [3.63, 3.8) is 0 Å². The Morgan fingerprint density at radius 3 is 2.54 bits per heavy atom. The van der Waals surface area contributed by atoms with Crippen molar-refractivity contribution in [2.45, 2.75) is 18.5 Å². The van der Waals surface area contributed by atoms with E-state index < -0.39 is 10.0 Å². The number of rotatable bonds is 5. The molecule has 126 valence electrons. The molecule has 1 N–H and O–H groups in total. The predicted molar refractivity (Wildman–Crippen MR) is 88.4 cm³/mol. The Labute approximate surface area is 140 Å². The second-order valence-corrected chi connectivity index (χ2v) is 7.26. The first-order chi connectivity index (χ1) is 11.3. The van der Waals surface area contributed by atoms with Gasteiger partial charge in [-0.2, -0.15) is 5.10 Å². The van der Waals surface area contributed by atoms with Crippen LogP contribution in [0.1, 0.15) is 11.4 Å². The number of aryl methyl sites for hydroxylation is 3. The van der Waals surface area contributed by atoms with Gasteiger partial charge in [-0.25, -0.2) is 18.1 Å². The Balaban J connectivity index is 1.77. The summed E-state index contributed by atoms with van der Waals surface area (Å²) in [6.45, 7) is 1.89. The Kier molecular flexibility index (Phi) is 4.20. The number of imidazole rings is 1. The van der Waals surface area contributed by atoms with E-state index >= 15 is 0 Å². The second kappa shape index (κ2) is 6.17. The van der Waals surface area contributed by atoms with Crippen LogP contribution in [-0.4, -0.2) is 32.7 Å². The molecule has 24 heavy (non-hydrogen) atoms. The molecule has 3 aromatic heterocycles. The number of nitrogens with zero attached hydrogens (tertiary/aromatic N) is 5. The summed E-state index contributed by atoms with van der Waals surface area (Å²) in [6.07, 6.45) is 8.45. The van der Waals surface area contributed by atoms with E-state index in [0.717, 1.165) is 16.7 Å². The van der Waals surface area contributed by atoms with Gasteiger partial charge in [0.05, 0.1) is 6.20 Å². The van der Waals surface area contributed by atoms with Gasteiger partial charge >= 0.3 is 0 Å². The maximum atomic E-state index is 12.3. The lowest BCUT2D eigenvalue weighted by atomic mass is 10.1. The second-order valence-electron chi connectivity index (χ2n) is 5.55. The van der Waals surface area contributed by atoms with Gasteiger partial charge in [0.15, 0.2) is 5.03 Å². The minimum Gasteiger partial charge on any atom is -0.337 e. The van der Waals surface area contributed by atoms with E-state index in [1.807, 2.05) is 19.3 Å². The van der Waals surface area contributed by atoms with Gasteiger partial charge in [-0.1, -0.05) is 0 Å². The van der Waals surface area contributed by atoms with Crippen LogP contribution in [0.2, 0.25) is 0 Å². The average molecular weight is 346 g/mol. The van der Waals surface area contributed by atoms with Gasteiger partial charge in [0.2, 0.25) is 0 Å². The molecule has 8 nitrogen and oxygen atoms in total. The Morgan fingerprint density at radius 2 is 1.92 bits per heavy atom. The molecule has 0 aromatic carbocycles. The van der Waals surface area contributed by atoms with Gasteiger partial charge in [-0.15, -0.1) is 0 Å². The van der Waals surface area contributed by atoms with Crippen LogP contribution in [0.5, 0.6) is 0 Å². The molecule has 0 unspecified atom stereocenters. The number of hydrogen-bond acceptors (Lipinski definition) is 5. The van der Waals surface area contributed by atoms with E-state index in [9.17, 15) is 8.42 Å². The van der Waals surface area contributed by atoms with Crippen molar-refractivity contribution < 1.29 is 8.42 Å². The van der Waals surface area contributed by atoms with Gasteiger partial charge in [0.25, 0.3) is 10.0 Å². The molecule has 0 bridgehead atoms. The van der Waals surface area contributed by atoms with E-state index in [4.69, 9.17) is 0 Å². The Bertz CT molecular complexity index is 954. The van der Waals surface area contributed by atoms with E-state index in [0.29, 0.717) is 5.82 Å². The van der Waals surface area contributed by atoms with Crippen molar-refractivity contribution >= 4 is 10.0 Å². The van der Waals surface area contributed by atoms with Crippen molar-refractivity contribution in [2.24, 2.45) is 14.1 Å². The predicted octanol–water partition coefficient (Wildman–Crippen LogP) is 1.00. The smallest absolute Gasteiger partial charge is 0.259 e. The highest BCUT2D eigenvalue weighted by molar-refractivity contribution is 7.89. The van der Waals surface area contributed by atoms with E-state index in [1.54, 1.807) is 41.8 Å². The molecule has 3 aromatic rings. The first kappa shape index (κ1) is 16.3. The molecule has 0 aliphatic carbocycles. The fourth-order valence-electron chi connectivity index (χ4n) is 2.22. The van der Waals surface area contributed by atoms with E-state index in [1.165, 1.54) is 6.20 Å². The van der Waals surface area contributed by atoms with Crippen LogP contribution in [0.4, 0.5) is 0 Å². The van der Waals surface area contributed by atoms with Crippen LogP contribution < -0.4 is 4.72 Å². The van der Waals surface area contributed by atoms with Crippen molar-refractivity contribution in [2.75, 3.05) is 0 Å². The monoisotopic (exact) mass is 346 g/mol.